The van der Waals surface area contributed by atoms with Crippen molar-refractivity contribution in [3.8, 4) is 5.75 Å². The Morgan fingerprint density at radius 3 is 2.33 bits per heavy atom. The molecular weight excluding hydrogens is 186 g/mol. The van der Waals surface area contributed by atoms with Gasteiger partial charge in [-0.1, -0.05) is 38.8 Å². The van der Waals surface area contributed by atoms with E-state index in [4.69, 9.17) is 5.73 Å². The van der Waals surface area contributed by atoms with Crippen LogP contribution in [0.5, 0.6) is 5.75 Å². The van der Waals surface area contributed by atoms with E-state index in [0.29, 0.717) is 11.6 Å². The molecule has 2 heteroatoms. The highest BCUT2D eigenvalue weighted by Gasteiger charge is 2.14. The molecule has 0 aliphatic rings. The van der Waals surface area contributed by atoms with Crippen LogP contribution in [0, 0.1) is 0 Å². The zero-order chi connectivity index (χ0) is 11.3. The van der Waals surface area contributed by atoms with Gasteiger partial charge in [-0.25, -0.2) is 0 Å². The van der Waals surface area contributed by atoms with Crippen LogP contribution in [0.25, 0.3) is 0 Å². The van der Waals surface area contributed by atoms with Gasteiger partial charge < -0.3 is 10.8 Å². The molecule has 0 bridgehead atoms. The molecule has 0 spiro atoms. The summed E-state index contributed by atoms with van der Waals surface area (Å²) in [5.41, 5.74) is 7.56. The molecule has 84 valence electrons. The quantitative estimate of drug-likeness (QED) is 0.571. The number of aromatic hydroxyl groups is 1. The summed E-state index contributed by atoms with van der Waals surface area (Å²) < 4.78 is 0. The van der Waals surface area contributed by atoms with E-state index in [2.05, 4.69) is 13.8 Å². The fraction of sp³-hybridized carbons (Fsp3) is 0.538. The van der Waals surface area contributed by atoms with E-state index in [-0.39, 0.29) is 5.75 Å². The van der Waals surface area contributed by atoms with Gasteiger partial charge in [-0.3, -0.25) is 0 Å². The number of phenols is 1. The molecule has 0 saturated carbocycles. The van der Waals surface area contributed by atoms with Crippen LogP contribution in [0.4, 0.5) is 5.69 Å². The zero-order valence-electron chi connectivity index (χ0n) is 9.66. The number of nitrogens with two attached hydrogens (primary N) is 1. The first-order valence-corrected chi connectivity index (χ1v) is 5.78. The van der Waals surface area contributed by atoms with E-state index in [0.717, 1.165) is 31.2 Å². The summed E-state index contributed by atoms with van der Waals surface area (Å²) >= 11 is 0. The maximum atomic E-state index is 9.56. The fourth-order valence-corrected chi connectivity index (χ4v) is 2.08. The van der Waals surface area contributed by atoms with Crippen LogP contribution >= 0.6 is 0 Å². The largest absolute Gasteiger partial charge is 0.506 e. The average Bonchev–Trinajstić information content (AvgIpc) is 2.22. The lowest BCUT2D eigenvalue weighted by molar-refractivity contribution is 0.475. The van der Waals surface area contributed by atoms with Crippen molar-refractivity contribution in [1.82, 2.24) is 0 Å². The van der Waals surface area contributed by atoms with Gasteiger partial charge in [-0.05, 0) is 30.4 Å². The van der Waals surface area contributed by atoms with E-state index < -0.39 is 0 Å². The zero-order valence-corrected chi connectivity index (χ0v) is 9.66. The Balaban J connectivity index is 2.94. The molecule has 0 radical (unpaired) electrons. The minimum absolute atomic E-state index is 0.213. The molecule has 3 N–H and O–H groups in total. The molecule has 0 saturated heterocycles. The summed E-state index contributed by atoms with van der Waals surface area (Å²) in [7, 11) is 0. The molecule has 0 unspecified atom stereocenters. The van der Waals surface area contributed by atoms with Crippen LogP contribution in [-0.2, 0) is 0 Å². The van der Waals surface area contributed by atoms with Gasteiger partial charge in [0.25, 0.3) is 0 Å². The summed E-state index contributed by atoms with van der Waals surface area (Å²) in [5.74, 6) is 0.705. The predicted molar refractivity (Wildman–Crippen MR) is 65.1 cm³/mol. The van der Waals surface area contributed by atoms with Gasteiger partial charge in [0.15, 0.2) is 0 Å². The maximum absolute atomic E-state index is 9.56. The van der Waals surface area contributed by atoms with Crippen LogP contribution in [0.15, 0.2) is 18.2 Å². The van der Waals surface area contributed by atoms with Gasteiger partial charge in [-0.15, -0.1) is 0 Å². The molecule has 1 aromatic rings. The number of hydrogen-bond donors (Lipinski definition) is 2. The Morgan fingerprint density at radius 1 is 1.20 bits per heavy atom. The van der Waals surface area contributed by atoms with Crippen LogP contribution in [-0.4, -0.2) is 5.11 Å². The number of phenolic OH excluding ortho intramolecular Hbond substituents is 1. The summed E-state index contributed by atoms with van der Waals surface area (Å²) in [5, 5.41) is 9.56. The van der Waals surface area contributed by atoms with Gasteiger partial charge in [-0.2, -0.15) is 0 Å². The highest BCUT2D eigenvalue weighted by atomic mass is 16.3. The minimum Gasteiger partial charge on any atom is -0.506 e. The Kier molecular flexibility index (Phi) is 4.47. The van der Waals surface area contributed by atoms with E-state index in [1.807, 2.05) is 12.1 Å². The smallest absolute Gasteiger partial charge is 0.138 e. The Morgan fingerprint density at radius 2 is 1.80 bits per heavy atom. The van der Waals surface area contributed by atoms with Gasteiger partial charge in [0.2, 0.25) is 0 Å². The lowest BCUT2D eigenvalue weighted by Gasteiger charge is -2.18. The number of hydrogen-bond acceptors (Lipinski definition) is 2. The van der Waals surface area contributed by atoms with E-state index in [9.17, 15) is 5.11 Å². The molecule has 1 aromatic carbocycles. The Labute approximate surface area is 92.1 Å². The van der Waals surface area contributed by atoms with Crippen molar-refractivity contribution in [3.63, 3.8) is 0 Å². The summed E-state index contributed by atoms with van der Waals surface area (Å²) in [4.78, 5) is 0. The van der Waals surface area contributed by atoms with Gasteiger partial charge in [0, 0.05) is 0 Å². The molecular formula is C13H21NO. The number of anilines is 1. The second-order valence-corrected chi connectivity index (χ2v) is 4.05. The predicted octanol–water partition coefficient (Wildman–Crippen LogP) is 3.66. The van der Waals surface area contributed by atoms with E-state index in [1.165, 1.54) is 0 Å². The highest BCUT2D eigenvalue weighted by Crippen LogP contribution is 2.34. The minimum atomic E-state index is 0.213. The molecule has 0 atom stereocenters. The van der Waals surface area contributed by atoms with Gasteiger partial charge >= 0.3 is 0 Å². The fourth-order valence-electron chi connectivity index (χ4n) is 2.08. The molecule has 0 fully saturated rings. The first-order chi connectivity index (χ1) is 7.20. The normalized spacial score (nSPS) is 10.9. The molecule has 0 aliphatic carbocycles. The van der Waals surface area contributed by atoms with E-state index in [1.54, 1.807) is 6.07 Å². The number of rotatable bonds is 5. The SMILES string of the molecule is CCCC(CCC)c1cccc(O)c1N. The third-order valence-electron chi connectivity index (χ3n) is 2.83. The molecule has 0 amide bonds. The Hall–Kier alpha value is -1.18. The standard InChI is InChI=1S/C13H21NO/c1-3-6-10(7-4-2)11-8-5-9-12(15)13(11)14/h5,8-10,15H,3-4,6-7,14H2,1-2H3. The maximum Gasteiger partial charge on any atom is 0.138 e. The van der Waals surface area contributed by atoms with E-state index >= 15 is 0 Å². The second kappa shape index (κ2) is 5.64. The first kappa shape index (κ1) is 11.9. The lowest BCUT2D eigenvalue weighted by Crippen LogP contribution is -2.02. The average molecular weight is 207 g/mol. The van der Waals surface area contributed by atoms with Crippen molar-refractivity contribution in [1.29, 1.82) is 0 Å². The third-order valence-corrected chi connectivity index (χ3v) is 2.83. The van der Waals surface area contributed by atoms with Crippen molar-refractivity contribution in [3.05, 3.63) is 23.8 Å². The van der Waals surface area contributed by atoms with Crippen LogP contribution in [0.1, 0.15) is 51.0 Å². The second-order valence-electron chi connectivity index (χ2n) is 4.05. The van der Waals surface area contributed by atoms with Crippen molar-refractivity contribution in [2.75, 3.05) is 5.73 Å². The first-order valence-electron chi connectivity index (χ1n) is 5.78. The molecule has 0 aliphatic heterocycles. The number of benzene rings is 1. The molecule has 0 aromatic heterocycles. The van der Waals surface area contributed by atoms with Crippen LogP contribution < -0.4 is 5.73 Å². The number of para-hydroxylation sites is 1. The molecule has 0 heterocycles. The van der Waals surface area contributed by atoms with Crippen molar-refractivity contribution in [2.24, 2.45) is 0 Å². The van der Waals surface area contributed by atoms with Crippen molar-refractivity contribution >= 4 is 5.69 Å². The Bertz CT molecular complexity index is 303. The molecule has 2 nitrogen and oxygen atoms in total. The van der Waals surface area contributed by atoms with Gasteiger partial charge in [0.1, 0.15) is 5.75 Å². The number of nitrogen functional groups attached to an aromatic ring is 1. The topological polar surface area (TPSA) is 46.2 Å². The third kappa shape index (κ3) is 2.88. The highest BCUT2D eigenvalue weighted by molar-refractivity contribution is 5.58. The summed E-state index contributed by atoms with van der Waals surface area (Å²) in [6, 6.07) is 5.55. The van der Waals surface area contributed by atoms with Crippen molar-refractivity contribution in [2.45, 2.75) is 45.4 Å². The molecule has 15 heavy (non-hydrogen) atoms. The molecule has 1 rings (SSSR count). The van der Waals surface area contributed by atoms with Gasteiger partial charge in [0.05, 0.1) is 5.69 Å². The van der Waals surface area contributed by atoms with Crippen LogP contribution in [0.3, 0.4) is 0 Å². The monoisotopic (exact) mass is 207 g/mol. The summed E-state index contributed by atoms with van der Waals surface area (Å²) in [6.07, 6.45) is 4.59. The van der Waals surface area contributed by atoms with Crippen LogP contribution in [0.2, 0.25) is 0 Å². The lowest BCUT2D eigenvalue weighted by atomic mass is 9.89. The van der Waals surface area contributed by atoms with Crippen molar-refractivity contribution < 1.29 is 5.11 Å². The summed E-state index contributed by atoms with van der Waals surface area (Å²) in [6.45, 7) is 4.36.